The number of aryl methyl sites for hydroxylation is 1. The Hall–Kier alpha value is -2.42. The highest BCUT2D eigenvalue weighted by Gasteiger charge is 2.34. The van der Waals surface area contributed by atoms with Crippen LogP contribution in [-0.4, -0.2) is 29.0 Å². The lowest BCUT2D eigenvalue weighted by molar-refractivity contribution is 0.452. The molecule has 1 aromatic heterocycles. The molecule has 1 aliphatic rings. The van der Waals surface area contributed by atoms with Crippen molar-refractivity contribution in [1.29, 1.82) is 0 Å². The number of benzene rings is 2. The van der Waals surface area contributed by atoms with E-state index in [1.165, 1.54) is 12.4 Å². The fourth-order valence-electron chi connectivity index (χ4n) is 3.62. The molecule has 0 spiro atoms. The first-order valence-corrected chi connectivity index (χ1v) is 11.6. The summed E-state index contributed by atoms with van der Waals surface area (Å²) in [5.74, 6) is 0.103. The van der Waals surface area contributed by atoms with Gasteiger partial charge in [-0.05, 0) is 56.2 Å². The second-order valence-electron chi connectivity index (χ2n) is 7.11. The summed E-state index contributed by atoms with van der Waals surface area (Å²) in [7, 11) is -4.37. The minimum atomic E-state index is -4.37. The third kappa shape index (κ3) is 4.01. The number of aromatic nitrogens is 2. The molecule has 1 N–H and O–H groups in total. The molecule has 0 amide bonds. The SMILES string of the molecule is Cc1ccc2c(c1)N(C(C)CC(c1ncccn1)S(=O)(=O)O)c1ccccc1S2. The van der Waals surface area contributed by atoms with Gasteiger partial charge in [0.05, 0.1) is 11.4 Å². The van der Waals surface area contributed by atoms with Crippen LogP contribution in [0.15, 0.2) is 70.7 Å². The van der Waals surface area contributed by atoms with Crippen LogP contribution in [0.2, 0.25) is 0 Å². The van der Waals surface area contributed by atoms with E-state index in [0.717, 1.165) is 26.7 Å². The van der Waals surface area contributed by atoms with Crippen LogP contribution in [0.3, 0.4) is 0 Å². The number of hydrogen-bond acceptors (Lipinski definition) is 6. The summed E-state index contributed by atoms with van der Waals surface area (Å²) in [6.45, 7) is 3.99. The van der Waals surface area contributed by atoms with Gasteiger partial charge in [-0.2, -0.15) is 8.42 Å². The summed E-state index contributed by atoms with van der Waals surface area (Å²) in [6.07, 6.45) is 3.11. The first-order chi connectivity index (χ1) is 13.8. The number of rotatable bonds is 5. The standard InChI is InChI=1S/C21H21N3O3S2/c1-14-8-9-19-17(12-14)24(16-6-3-4-7-18(16)28-19)15(2)13-20(29(25,26)27)21-22-10-5-11-23-21/h3-12,15,20H,13H2,1-2H3,(H,25,26,27). The molecule has 0 saturated carbocycles. The van der Waals surface area contributed by atoms with Crippen LogP contribution in [0, 0.1) is 6.92 Å². The summed E-state index contributed by atoms with van der Waals surface area (Å²) in [5, 5.41) is -1.20. The fraction of sp³-hybridized carbons (Fsp3) is 0.238. The molecule has 8 heteroatoms. The van der Waals surface area contributed by atoms with E-state index in [4.69, 9.17) is 0 Å². The second kappa shape index (κ2) is 7.78. The zero-order chi connectivity index (χ0) is 20.6. The van der Waals surface area contributed by atoms with Crippen molar-refractivity contribution < 1.29 is 13.0 Å². The van der Waals surface area contributed by atoms with E-state index in [9.17, 15) is 13.0 Å². The molecule has 0 aliphatic carbocycles. The zero-order valence-corrected chi connectivity index (χ0v) is 17.7. The van der Waals surface area contributed by atoms with E-state index in [0.29, 0.717) is 0 Å². The van der Waals surface area contributed by atoms with Gasteiger partial charge in [0.1, 0.15) is 11.1 Å². The maximum absolute atomic E-state index is 12.1. The van der Waals surface area contributed by atoms with Crippen molar-refractivity contribution in [2.24, 2.45) is 0 Å². The normalized spacial score (nSPS) is 15.3. The largest absolute Gasteiger partial charge is 0.337 e. The van der Waals surface area contributed by atoms with Gasteiger partial charge in [0.2, 0.25) is 0 Å². The van der Waals surface area contributed by atoms with Crippen LogP contribution in [0.4, 0.5) is 11.4 Å². The topological polar surface area (TPSA) is 83.4 Å². The summed E-state index contributed by atoms with van der Waals surface area (Å²) in [4.78, 5) is 12.5. The zero-order valence-electron chi connectivity index (χ0n) is 16.1. The van der Waals surface area contributed by atoms with Crippen molar-refractivity contribution >= 4 is 33.3 Å². The quantitative estimate of drug-likeness (QED) is 0.586. The van der Waals surface area contributed by atoms with Crippen molar-refractivity contribution in [3.05, 3.63) is 72.3 Å². The molecular formula is C21H21N3O3S2. The average molecular weight is 428 g/mol. The molecule has 0 radical (unpaired) electrons. The van der Waals surface area contributed by atoms with Gasteiger partial charge in [-0.1, -0.05) is 30.0 Å². The van der Waals surface area contributed by atoms with E-state index in [1.807, 2.05) is 32.0 Å². The van der Waals surface area contributed by atoms with Crippen molar-refractivity contribution in [3.8, 4) is 0 Å². The summed E-state index contributed by atoms with van der Waals surface area (Å²) in [5.41, 5.74) is 3.18. The van der Waals surface area contributed by atoms with Gasteiger partial charge in [0, 0.05) is 28.2 Å². The Morgan fingerprint density at radius 3 is 2.45 bits per heavy atom. The predicted molar refractivity (Wildman–Crippen MR) is 114 cm³/mol. The highest BCUT2D eigenvalue weighted by Crippen LogP contribution is 2.50. The molecule has 0 fully saturated rings. The third-order valence-electron chi connectivity index (χ3n) is 4.95. The van der Waals surface area contributed by atoms with Gasteiger partial charge >= 0.3 is 0 Å². The number of para-hydroxylation sites is 1. The van der Waals surface area contributed by atoms with Crippen molar-refractivity contribution in [2.45, 2.75) is 41.4 Å². The molecule has 3 aromatic rings. The smallest absolute Gasteiger partial charge is 0.275 e. The molecule has 2 aromatic carbocycles. The molecule has 0 saturated heterocycles. The molecular weight excluding hydrogens is 406 g/mol. The third-order valence-corrected chi connectivity index (χ3v) is 7.20. The highest BCUT2D eigenvalue weighted by molar-refractivity contribution is 7.99. The molecule has 2 heterocycles. The van der Waals surface area contributed by atoms with Crippen LogP contribution in [0.25, 0.3) is 0 Å². The average Bonchev–Trinajstić information content (AvgIpc) is 2.70. The van der Waals surface area contributed by atoms with E-state index in [1.54, 1.807) is 17.8 Å². The Bertz CT molecular complexity index is 1140. The molecule has 29 heavy (non-hydrogen) atoms. The van der Waals surface area contributed by atoms with E-state index < -0.39 is 15.4 Å². The molecule has 1 aliphatic heterocycles. The number of anilines is 2. The summed E-state index contributed by atoms with van der Waals surface area (Å²) >= 11 is 1.70. The second-order valence-corrected chi connectivity index (χ2v) is 9.79. The Morgan fingerprint density at radius 1 is 1.03 bits per heavy atom. The van der Waals surface area contributed by atoms with E-state index in [-0.39, 0.29) is 18.3 Å². The molecule has 2 unspecified atom stereocenters. The van der Waals surface area contributed by atoms with Gasteiger partial charge in [-0.25, -0.2) is 9.97 Å². The van der Waals surface area contributed by atoms with Crippen LogP contribution < -0.4 is 4.90 Å². The molecule has 6 nitrogen and oxygen atoms in total. The van der Waals surface area contributed by atoms with Crippen LogP contribution >= 0.6 is 11.8 Å². The number of fused-ring (bicyclic) bond motifs is 2. The van der Waals surface area contributed by atoms with Gasteiger partial charge in [-0.15, -0.1) is 0 Å². The predicted octanol–water partition coefficient (Wildman–Crippen LogP) is 4.80. The Morgan fingerprint density at radius 2 is 1.72 bits per heavy atom. The minimum absolute atomic E-state index is 0.103. The first-order valence-electron chi connectivity index (χ1n) is 9.24. The summed E-state index contributed by atoms with van der Waals surface area (Å²) < 4.78 is 34.2. The van der Waals surface area contributed by atoms with E-state index >= 15 is 0 Å². The van der Waals surface area contributed by atoms with Gasteiger partial charge in [0.15, 0.2) is 0 Å². The summed E-state index contributed by atoms with van der Waals surface area (Å²) in [6, 6.07) is 15.7. The maximum atomic E-state index is 12.1. The van der Waals surface area contributed by atoms with Crippen LogP contribution in [0.5, 0.6) is 0 Å². The molecule has 4 rings (SSSR count). The lowest BCUT2D eigenvalue weighted by Gasteiger charge is -2.38. The lowest BCUT2D eigenvalue weighted by atomic mass is 10.1. The van der Waals surface area contributed by atoms with Crippen LogP contribution in [0.1, 0.15) is 30.0 Å². The van der Waals surface area contributed by atoms with Crippen LogP contribution in [-0.2, 0) is 10.1 Å². The highest BCUT2D eigenvalue weighted by atomic mass is 32.2. The van der Waals surface area contributed by atoms with Gasteiger partial charge in [-0.3, -0.25) is 4.55 Å². The van der Waals surface area contributed by atoms with Gasteiger partial charge < -0.3 is 4.90 Å². The van der Waals surface area contributed by atoms with Crippen molar-refractivity contribution in [3.63, 3.8) is 0 Å². The molecule has 150 valence electrons. The maximum Gasteiger partial charge on any atom is 0.275 e. The number of hydrogen-bond donors (Lipinski definition) is 1. The van der Waals surface area contributed by atoms with Crippen molar-refractivity contribution in [2.75, 3.05) is 4.90 Å². The first kappa shape index (κ1) is 19.9. The Labute approximate surface area is 174 Å². The fourth-order valence-corrected chi connectivity index (χ4v) is 5.58. The number of nitrogens with zero attached hydrogens (tertiary/aromatic N) is 3. The Kier molecular flexibility index (Phi) is 5.33. The van der Waals surface area contributed by atoms with Gasteiger partial charge in [0.25, 0.3) is 10.1 Å². The molecule has 0 bridgehead atoms. The van der Waals surface area contributed by atoms with Crippen molar-refractivity contribution in [1.82, 2.24) is 9.97 Å². The monoisotopic (exact) mass is 427 g/mol. The lowest BCUT2D eigenvalue weighted by Crippen LogP contribution is -2.34. The molecule has 2 atom stereocenters. The van der Waals surface area contributed by atoms with E-state index in [2.05, 4.69) is 39.1 Å². The minimum Gasteiger partial charge on any atom is -0.337 e. The Balaban J connectivity index is 1.77.